The fraction of sp³-hybridized carbons (Fsp3) is 0.364. The second kappa shape index (κ2) is 6.79. The molecular formula is C11H14Cl2FNO2. The largest absolute Gasteiger partial charge is 0.469 e. The average Bonchev–Trinajstić information content (AvgIpc) is 2.24. The highest BCUT2D eigenvalue weighted by atomic mass is 35.5. The maximum atomic E-state index is 13.5. The Hall–Kier alpha value is -0.840. The van der Waals surface area contributed by atoms with Gasteiger partial charge in [0.2, 0.25) is 0 Å². The molecule has 0 aliphatic carbocycles. The number of benzene rings is 1. The van der Waals surface area contributed by atoms with Crippen LogP contribution in [0.1, 0.15) is 23.6 Å². The van der Waals surface area contributed by atoms with Crippen LogP contribution in [0.25, 0.3) is 0 Å². The highest BCUT2D eigenvalue weighted by Crippen LogP contribution is 2.29. The highest BCUT2D eigenvalue weighted by molar-refractivity contribution is 6.32. The number of carbonyl (C=O) groups is 1. The zero-order valence-electron chi connectivity index (χ0n) is 9.50. The lowest BCUT2D eigenvalue weighted by molar-refractivity contribution is -0.141. The molecule has 0 saturated carbocycles. The second-order valence-corrected chi connectivity index (χ2v) is 3.86. The number of nitrogens with two attached hydrogens (primary N) is 1. The standard InChI is InChI=1S/C11H13ClFNO2.ClH/c1-6-3-4-7(13)10(11(6)12)8(14)5-9(15)16-2;/h3-4,8H,5,14H2,1-2H3;1H/t8-;/m1./s1. The van der Waals surface area contributed by atoms with E-state index in [2.05, 4.69) is 4.74 Å². The first-order chi connectivity index (χ1) is 7.47. The van der Waals surface area contributed by atoms with E-state index in [-0.39, 0.29) is 29.4 Å². The van der Waals surface area contributed by atoms with E-state index in [0.29, 0.717) is 0 Å². The molecule has 0 amide bonds. The van der Waals surface area contributed by atoms with E-state index in [9.17, 15) is 9.18 Å². The summed E-state index contributed by atoms with van der Waals surface area (Å²) in [5.74, 6) is -1.00. The molecule has 0 fully saturated rings. The van der Waals surface area contributed by atoms with Gasteiger partial charge >= 0.3 is 5.97 Å². The molecule has 0 bridgehead atoms. The van der Waals surface area contributed by atoms with Gasteiger partial charge in [0.25, 0.3) is 0 Å². The minimum atomic E-state index is -0.792. The van der Waals surface area contributed by atoms with E-state index in [1.54, 1.807) is 13.0 Å². The van der Waals surface area contributed by atoms with E-state index in [1.165, 1.54) is 13.2 Å². The van der Waals surface area contributed by atoms with Crippen LogP contribution in [0.4, 0.5) is 4.39 Å². The topological polar surface area (TPSA) is 52.3 Å². The fourth-order valence-corrected chi connectivity index (χ4v) is 1.68. The smallest absolute Gasteiger partial charge is 0.307 e. The summed E-state index contributed by atoms with van der Waals surface area (Å²) in [7, 11) is 1.25. The third-order valence-electron chi connectivity index (χ3n) is 2.30. The van der Waals surface area contributed by atoms with Crippen LogP contribution in [-0.4, -0.2) is 13.1 Å². The Morgan fingerprint density at radius 2 is 2.18 bits per heavy atom. The Morgan fingerprint density at radius 3 is 2.71 bits per heavy atom. The number of rotatable bonds is 3. The fourth-order valence-electron chi connectivity index (χ4n) is 1.38. The van der Waals surface area contributed by atoms with Gasteiger partial charge in [-0.05, 0) is 18.6 Å². The van der Waals surface area contributed by atoms with Crippen LogP contribution in [0.5, 0.6) is 0 Å². The van der Waals surface area contributed by atoms with Crippen molar-refractivity contribution in [3.8, 4) is 0 Å². The van der Waals surface area contributed by atoms with Crippen molar-refractivity contribution in [1.29, 1.82) is 0 Å². The van der Waals surface area contributed by atoms with Gasteiger partial charge in [0, 0.05) is 11.6 Å². The molecule has 3 nitrogen and oxygen atoms in total. The van der Waals surface area contributed by atoms with Crippen molar-refractivity contribution in [1.82, 2.24) is 0 Å². The first-order valence-electron chi connectivity index (χ1n) is 4.74. The van der Waals surface area contributed by atoms with Crippen molar-refractivity contribution in [3.05, 3.63) is 34.1 Å². The second-order valence-electron chi connectivity index (χ2n) is 3.48. The number of ether oxygens (including phenoxy) is 1. The van der Waals surface area contributed by atoms with Crippen LogP contribution in [0.15, 0.2) is 12.1 Å². The Bertz CT molecular complexity index is 413. The number of esters is 1. The summed E-state index contributed by atoms with van der Waals surface area (Å²) in [4.78, 5) is 11.0. The van der Waals surface area contributed by atoms with Gasteiger partial charge in [-0.15, -0.1) is 12.4 Å². The SMILES string of the molecule is COC(=O)C[C@@H](N)c1c(F)ccc(C)c1Cl.Cl. The molecule has 1 atom stereocenters. The molecule has 0 unspecified atom stereocenters. The number of carbonyl (C=O) groups excluding carboxylic acids is 1. The van der Waals surface area contributed by atoms with Crippen LogP contribution in [0.2, 0.25) is 5.02 Å². The van der Waals surface area contributed by atoms with Crippen LogP contribution in [-0.2, 0) is 9.53 Å². The molecule has 17 heavy (non-hydrogen) atoms. The molecule has 0 aromatic heterocycles. The maximum absolute atomic E-state index is 13.5. The number of aryl methyl sites for hydroxylation is 1. The Labute approximate surface area is 110 Å². The molecule has 1 rings (SSSR count). The zero-order chi connectivity index (χ0) is 12.3. The van der Waals surface area contributed by atoms with Crippen molar-refractivity contribution in [3.63, 3.8) is 0 Å². The first kappa shape index (κ1) is 16.2. The quantitative estimate of drug-likeness (QED) is 0.867. The van der Waals surface area contributed by atoms with Gasteiger partial charge in [-0.3, -0.25) is 4.79 Å². The van der Waals surface area contributed by atoms with Gasteiger partial charge in [0.1, 0.15) is 5.82 Å². The lowest BCUT2D eigenvalue weighted by Gasteiger charge is -2.14. The number of halogens is 3. The minimum Gasteiger partial charge on any atom is -0.469 e. The van der Waals surface area contributed by atoms with E-state index < -0.39 is 17.8 Å². The average molecular weight is 282 g/mol. The van der Waals surface area contributed by atoms with E-state index in [0.717, 1.165) is 5.56 Å². The van der Waals surface area contributed by atoms with Gasteiger partial charge < -0.3 is 10.5 Å². The number of hydrogen-bond donors (Lipinski definition) is 1. The molecule has 0 aliphatic heterocycles. The summed E-state index contributed by atoms with van der Waals surface area (Å²) >= 11 is 5.95. The van der Waals surface area contributed by atoms with Crippen molar-refractivity contribution in [2.24, 2.45) is 5.73 Å². The normalized spacial score (nSPS) is 11.6. The third-order valence-corrected chi connectivity index (χ3v) is 2.81. The van der Waals surface area contributed by atoms with Gasteiger partial charge in [-0.25, -0.2) is 4.39 Å². The predicted octanol–water partition coefficient (Wildman–Crippen LogP) is 2.77. The summed E-state index contributed by atoms with van der Waals surface area (Å²) in [6, 6.07) is 2.06. The highest BCUT2D eigenvalue weighted by Gasteiger charge is 2.19. The molecule has 0 radical (unpaired) electrons. The Balaban J connectivity index is 0.00000256. The maximum Gasteiger partial charge on any atom is 0.307 e. The molecule has 6 heteroatoms. The van der Waals surface area contributed by atoms with Crippen molar-refractivity contribution in [2.75, 3.05) is 7.11 Å². The van der Waals surface area contributed by atoms with Crippen LogP contribution in [0.3, 0.4) is 0 Å². The molecule has 0 saturated heterocycles. The van der Waals surface area contributed by atoms with Gasteiger partial charge in [-0.2, -0.15) is 0 Å². The van der Waals surface area contributed by atoms with Gasteiger partial charge in [0.05, 0.1) is 18.6 Å². The number of hydrogen-bond acceptors (Lipinski definition) is 3. The third kappa shape index (κ3) is 3.84. The van der Waals surface area contributed by atoms with Crippen LogP contribution < -0.4 is 5.73 Å². The predicted molar refractivity (Wildman–Crippen MR) is 67.0 cm³/mol. The molecule has 2 N–H and O–H groups in total. The molecule has 0 aliphatic rings. The lowest BCUT2D eigenvalue weighted by Crippen LogP contribution is -2.18. The summed E-state index contributed by atoms with van der Waals surface area (Å²) in [6.45, 7) is 1.75. The molecule has 0 heterocycles. The first-order valence-corrected chi connectivity index (χ1v) is 5.12. The molecule has 96 valence electrons. The number of methoxy groups -OCH3 is 1. The van der Waals surface area contributed by atoms with Crippen molar-refractivity contribution in [2.45, 2.75) is 19.4 Å². The van der Waals surface area contributed by atoms with E-state index >= 15 is 0 Å². The monoisotopic (exact) mass is 281 g/mol. The molecule has 1 aromatic rings. The van der Waals surface area contributed by atoms with Crippen molar-refractivity contribution < 1.29 is 13.9 Å². The van der Waals surface area contributed by atoms with E-state index in [1.807, 2.05) is 0 Å². The van der Waals surface area contributed by atoms with Crippen molar-refractivity contribution >= 4 is 30.0 Å². The van der Waals surface area contributed by atoms with Gasteiger partial charge in [0.15, 0.2) is 0 Å². The summed E-state index contributed by atoms with van der Waals surface area (Å²) < 4.78 is 18.0. The van der Waals surface area contributed by atoms with Crippen LogP contribution in [0, 0.1) is 12.7 Å². The van der Waals surface area contributed by atoms with E-state index in [4.69, 9.17) is 17.3 Å². The summed E-state index contributed by atoms with van der Waals surface area (Å²) in [5.41, 5.74) is 6.60. The minimum absolute atomic E-state index is 0. The Kier molecular flexibility index (Phi) is 6.45. The lowest BCUT2D eigenvalue weighted by atomic mass is 10.0. The van der Waals surface area contributed by atoms with Gasteiger partial charge in [-0.1, -0.05) is 17.7 Å². The van der Waals surface area contributed by atoms with Crippen LogP contribution >= 0.6 is 24.0 Å². The Morgan fingerprint density at radius 1 is 1.59 bits per heavy atom. The zero-order valence-corrected chi connectivity index (χ0v) is 11.1. The molecule has 0 spiro atoms. The summed E-state index contributed by atoms with van der Waals surface area (Å²) in [6.07, 6.45) is -0.101. The molecular weight excluding hydrogens is 268 g/mol. The summed E-state index contributed by atoms with van der Waals surface area (Å²) in [5, 5.41) is 0.261. The molecule has 1 aromatic carbocycles.